The highest BCUT2D eigenvalue weighted by Gasteiger charge is 2.18. The summed E-state index contributed by atoms with van der Waals surface area (Å²) in [6, 6.07) is 10.7. The predicted molar refractivity (Wildman–Crippen MR) is 65.8 cm³/mol. The summed E-state index contributed by atoms with van der Waals surface area (Å²) in [5.74, 6) is 0.959. The standard InChI is InChI=1S/C13H20N2O/c1-15(12-7-8-14-11-12)9-10-16-13-5-3-2-4-6-13/h2-6,12,14H,7-11H2,1H3. The summed E-state index contributed by atoms with van der Waals surface area (Å²) >= 11 is 0. The zero-order chi connectivity index (χ0) is 11.2. The molecule has 0 saturated carbocycles. The molecule has 16 heavy (non-hydrogen) atoms. The number of nitrogens with one attached hydrogen (secondary N) is 1. The van der Waals surface area contributed by atoms with Gasteiger partial charge >= 0.3 is 0 Å². The van der Waals surface area contributed by atoms with Crippen LogP contribution < -0.4 is 10.1 Å². The fourth-order valence-corrected chi connectivity index (χ4v) is 2.02. The highest BCUT2D eigenvalue weighted by atomic mass is 16.5. The van der Waals surface area contributed by atoms with Crippen molar-refractivity contribution >= 4 is 0 Å². The molecule has 1 aliphatic heterocycles. The van der Waals surface area contributed by atoms with Gasteiger partial charge in [0, 0.05) is 19.1 Å². The first-order valence-electron chi connectivity index (χ1n) is 5.95. The molecule has 1 saturated heterocycles. The number of hydrogen-bond acceptors (Lipinski definition) is 3. The maximum Gasteiger partial charge on any atom is 0.119 e. The van der Waals surface area contributed by atoms with Gasteiger partial charge < -0.3 is 10.1 Å². The van der Waals surface area contributed by atoms with Crippen LogP contribution in [0, 0.1) is 0 Å². The first kappa shape index (κ1) is 11.4. The summed E-state index contributed by atoms with van der Waals surface area (Å²) in [7, 11) is 2.17. The molecule has 3 heteroatoms. The minimum Gasteiger partial charge on any atom is -0.492 e. The Balaban J connectivity index is 1.67. The second kappa shape index (κ2) is 5.87. The van der Waals surface area contributed by atoms with Crippen molar-refractivity contribution in [2.24, 2.45) is 0 Å². The SMILES string of the molecule is CN(CCOc1ccccc1)C1CCNC1. The van der Waals surface area contributed by atoms with Crippen molar-refractivity contribution in [3.8, 4) is 5.75 Å². The predicted octanol–water partition coefficient (Wildman–Crippen LogP) is 1.36. The number of nitrogens with zero attached hydrogens (tertiary/aromatic N) is 1. The first-order chi connectivity index (χ1) is 7.86. The molecular weight excluding hydrogens is 200 g/mol. The molecule has 0 aliphatic carbocycles. The van der Waals surface area contributed by atoms with Crippen LogP contribution in [0.15, 0.2) is 30.3 Å². The molecule has 1 fully saturated rings. The van der Waals surface area contributed by atoms with Gasteiger partial charge in [0.25, 0.3) is 0 Å². The molecule has 0 aromatic heterocycles. The van der Waals surface area contributed by atoms with E-state index in [0.29, 0.717) is 6.04 Å². The minimum absolute atomic E-state index is 0.680. The monoisotopic (exact) mass is 220 g/mol. The average molecular weight is 220 g/mol. The van der Waals surface area contributed by atoms with Gasteiger partial charge in [-0.2, -0.15) is 0 Å². The first-order valence-corrected chi connectivity index (χ1v) is 5.95. The molecule has 1 N–H and O–H groups in total. The highest BCUT2D eigenvalue weighted by molar-refractivity contribution is 5.20. The third kappa shape index (κ3) is 3.22. The van der Waals surface area contributed by atoms with Crippen LogP contribution in [-0.2, 0) is 0 Å². The summed E-state index contributed by atoms with van der Waals surface area (Å²) in [5, 5.41) is 3.38. The Morgan fingerprint density at radius 1 is 1.38 bits per heavy atom. The van der Waals surface area contributed by atoms with Crippen molar-refractivity contribution in [1.29, 1.82) is 0 Å². The largest absolute Gasteiger partial charge is 0.492 e. The molecule has 2 rings (SSSR count). The van der Waals surface area contributed by atoms with Crippen molar-refractivity contribution in [2.45, 2.75) is 12.5 Å². The Bertz CT molecular complexity index is 296. The molecule has 3 nitrogen and oxygen atoms in total. The smallest absolute Gasteiger partial charge is 0.119 e. The molecular formula is C13H20N2O. The molecule has 1 atom stereocenters. The Kier molecular flexibility index (Phi) is 4.19. The van der Waals surface area contributed by atoms with E-state index in [1.807, 2.05) is 30.3 Å². The Morgan fingerprint density at radius 3 is 2.88 bits per heavy atom. The van der Waals surface area contributed by atoms with Gasteiger partial charge in [0.1, 0.15) is 12.4 Å². The fraction of sp³-hybridized carbons (Fsp3) is 0.538. The lowest BCUT2D eigenvalue weighted by atomic mass is 10.2. The molecule has 1 aromatic carbocycles. The van der Waals surface area contributed by atoms with E-state index in [1.165, 1.54) is 6.42 Å². The van der Waals surface area contributed by atoms with Crippen LogP contribution in [-0.4, -0.2) is 44.2 Å². The maximum atomic E-state index is 5.67. The zero-order valence-corrected chi connectivity index (χ0v) is 9.86. The topological polar surface area (TPSA) is 24.5 Å². The third-order valence-electron chi connectivity index (χ3n) is 3.11. The maximum absolute atomic E-state index is 5.67. The molecule has 1 aromatic rings. The van der Waals surface area contributed by atoms with E-state index in [-0.39, 0.29) is 0 Å². The average Bonchev–Trinajstić information content (AvgIpc) is 2.84. The van der Waals surface area contributed by atoms with Crippen LogP contribution in [0.25, 0.3) is 0 Å². The highest BCUT2D eigenvalue weighted by Crippen LogP contribution is 2.09. The van der Waals surface area contributed by atoms with Crippen LogP contribution in [0.2, 0.25) is 0 Å². The van der Waals surface area contributed by atoms with Crippen molar-refractivity contribution in [3.63, 3.8) is 0 Å². The number of benzene rings is 1. The van der Waals surface area contributed by atoms with Crippen LogP contribution in [0.3, 0.4) is 0 Å². The van der Waals surface area contributed by atoms with Gasteiger partial charge in [0.2, 0.25) is 0 Å². The van der Waals surface area contributed by atoms with E-state index in [1.54, 1.807) is 0 Å². The lowest BCUT2D eigenvalue weighted by Gasteiger charge is -2.23. The Labute approximate surface area is 97.4 Å². The molecule has 1 heterocycles. The second-order valence-corrected chi connectivity index (χ2v) is 4.29. The summed E-state index contributed by atoms with van der Waals surface area (Å²) < 4.78 is 5.67. The van der Waals surface area contributed by atoms with Crippen molar-refractivity contribution in [1.82, 2.24) is 10.2 Å². The third-order valence-corrected chi connectivity index (χ3v) is 3.11. The molecule has 0 bridgehead atoms. The van der Waals surface area contributed by atoms with Crippen LogP contribution in [0.5, 0.6) is 5.75 Å². The second-order valence-electron chi connectivity index (χ2n) is 4.29. The van der Waals surface area contributed by atoms with E-state index < -0.39 is 0 Å². The van der Waals surface area contributed by atoms with Crippen LogP contribution in [0.4, 0.5) is 0 Å². The lowest BCUT2D eigenvalue weighted by Crippen LogP contribution is -2.36. The fourth-order valence-electron chi connectivity index (χ4n) is 2.02. The lowest BCUT2D eigenvalue weighted by molar-refractivity contribution is 0.199. The molecule has 1 unspecified atom stereocenters. The molecule has 0 spiro atoms. The number of likely N-dealkylation sites (N-methyl/N-ethyl adjacent to an activating group) is 1. The van der Waals surface area contributed by atoms with Crippen LogP contribution >= 0.6 is 0 Å². The number of rotatable bonds is 5. The van der Waals surface area contributed by atoms with Gasteiger partial charge in [-0.15, -0.1) is 0 Å². The number of hydrogen-bond donors (Lipinski definition) is 1. The van der Waals surface area contributed by atoms with Crippen molar-refractivity contribution in [3.05, 3.63) is 30.3 Å². The normalized spacial score (nSPS) is 20.2. The van der Waals surface area contributed by atoms with E-state index >= 15 is 0 Å². The Morgan fingerprint density at radius 2 is 2.19 bits per heavy atom. The Hall–Kier alpha value is -1.06. The minimum atomic E-state index is 0.680. The van der Waals surface area contributed by atoms with E-state index in [9.17, 15) is 0 Å². The molecule has 0 radical (unpaired) electrons. The summed E-state index contributed by atoms with van der Waals surface area (Å²) in [6.45, 7) is 4.01. The van der Waals surface area contributed by atoms with Crippen molar-refractivity contribution in [2.75, 3.05) is 33.3 Å². The van der Waals surface area contributed by atoms with E-state index in [2.05, 4.69) is 17.3 Å². The van der Waals surface area contributed by atoms with Gasteiger partial charge in [-0.05, 0) is 32.1 Å². The van der Waals surface area contributed by atoms with E-state index in [0.717, 1.165) is 32.0 Å². The summed E-state index contributed by atoms with van der Waals surface area (Å²) in [6.07, 6.45) is 1.25. The summed E-state index contributed by atoms with van der Waals surface area (Å²) in [4.78, 5) is 2.38. The quantitative estimate of drug-likeness (QED) is 0.811. The molecule has 1 aliphatic rings. The van der Waals surface area contributed by atoms with Gasteiger partial charge in [0.05, 0.1) is 0 Å². The molecule has 0 amide bonds. The zero-order valence-electron chi connectivity index (χ0n) is 9.86. The van der Waals surface area contributed by atoms with Gasteiger partial charge in [-0.3, -0.25) is 4.90 Å². The van der Waals surface area contributed by atoms with Gasteiger partial charge in [-0.1, -0.05) is 18.2 Å². The van der Waals surface area contributed by atoms with Gasteiger partial charge in [0.15, 0.2) is 0 Å². The molecule has 88 valence electrons. The van der Waals surface area contributed by atoms with Gasteiger partial charge in [-0.25, -0.2) is 0 Å². The van der Waals surface area contributed by atoms with Crippen molar-refractivity contribution < 1.29 is 4.74 Å². The number of para-hydroxylation sites is 1. The van der Waals surface area contributed by atoms with E-state index in [4.69, 9.17) is 4.74 Å². The summed E-state index contributed by atoms with van der Waals surface area (Å²) in [5.41, 5.74) is 0. The number of ether oxygens (including phenoxy) is 1. The van der Waals surface area contributed by atoms with Crippen LogP contribution in [0.1, 0.15) is 6.42 Å².